The quantitative estimate of drug-likeness (QED) is 0.254. The Bertz CT molecular complexity index is 561. The predicted molar refractivity (Wildman–Crippen MR) is 122 cm³/mol. The topological polar surface area (TPSA) is 58.1 Å². The van der Waals surface area contributed by atoms with Gasteiger partial charge in [0.05, 0.1) is 25.9 Å². The van der Waals surface area contributed by atoms with Crippen molar-refractivity contribution >= 4 is 29.9 Å². The maximum atomic E-state index is 5.79. The van der Waals surface area contributed by atoms with Gasteiger partial charge in [-0.3, -0.25) is 4.90 Å². The Hall–Kier alpha value is -1.06. The molecule has 0 radical (unpaired) electrons. The minimum atomic E-state index is 0. The summed E-state index contributed by atoms with van der Waals surface area (Å²) >= 11 is 0. The Morgan fingerprint density at radius 1 is 1.22 bits per heavy atom. The van der Waals surface area contributed by atoms with E-state index in [1.165, 1.54) is 0 Å². The van der Waals surface area contributed by atoms with Crippen LogP contribution < -0.4 is 15.4 Å². The molecular weight excluding hydrogens is 455 g/mol. The summed E-state index contributed by atoms with van der Waals surface area (Å²) in [4.78, 5) is 7.17. The minimum absolute atomic E-state index is 0. The summed E-state index contributed by atoms with van der Waals surface area (Å²) in [7, 11) is 1.69. The van der Waals surface area contributed by atoms with Crippen LogP contribution in [0, 0.1) is 0 Å². The number of guanidine groups is 1. The van der Waals surface area contributed by atoms with Crippen LogP contribution in [0.2, 0.25) is 0 Å². The zero-order chi connectivity index (χ0) is 18.8. The van der Waals surface area contributed by atoms with E-state index in [1.54, 1.807) is 7.11 Å². The molecule has 0 saturated carbocycles. The van der Waals surface area contributed by atoms with Gasteiger partial charge in [0, 0.05) is 38.3 Å². The van der Waals surface area contributed by atoms with Crippen molar-refractivity contribution < 1.29 is 9.47 Å². The molecule has 1 fully saturated rings. The SMILES string of the molecule is CCNC(=NCc1ccccc1OC)NCCCN1CC(C)OC(C)C1.I. The maximum Gasteiger partial charge on any atom is 0.191 e. The third kappa shape index (κ3) is 8.66. The fourth-order valence-electron chi connectivity index (χ4n) is 3.32. The smallest absolute Gasteiger partial charge is 0.191 e. The van der Waals surface area contributed by atoms with Crippen LogP contribution in [-0.2, 0) is 11.3 Å². The van der Waals surface area contributed by atoms with Crippen molar-refractivity contribution in [1.29, 1.82) is 0 Å². The van der Waals surface area contributed by atoms with Crippen molar-refractivity contribution in [3.05, 3.63) is 29.8 Å². The van der Waals surface area contributed by atoms with Gasteiger partial charge in [0.2, 0.25) is 0 Å². The summed E-state index contributed by atoms with van der Waals surface area (Å²) in [6.07, 6.45) is 1.73. The highest BCUT2D eigenvalue weighted by molar-refractivity contribution is 14.0. The van der Waals surface area contributed by atoms with E-state index in [0.29, 0.717) is 18.8 Å². The summed E-state index contributed by atoms with van der Waals surface area (Å²) in [5.41, 5.74) is 1.09. The molecule has 1 saturated heterocycles. The van der Waals surface area contributed by atoms with E-state index < -0.39 is 0 Å². The number of nitrogens with one attached hydrogen (secondary N) is 2. The monoisotopic (exact) mass is 490 g/mol. The van der Waals surface area contributed by atoms with Gasteiger partial charge in [0.25, 0.3) is 0 Å². The molecule has 2 unspecified atom stereocenters. The van der Waals surface area contributed by atoms with Crippen molar-refractivity contribution in [1.82, 2.24) is 15.5 Å². The predicted octanol–water partition coefficient (Wildman–Crippen LogP) is 2.87. The summed E-state index contributed by atoms with van der Waals surface area (Å²) in [5, 5.41) is 6.74. The summed E-state index contributed by atoms with van der Waals surface area (Å²) in [6, 6.07) is 8.00. The van der Waals surface area contributed by atoms with E-state index in [0.717, 1.165) is 56.4 Å². The van der Waals surface area contributed by atoms with Crippen LogP contribution in [0.5, 0.6) is 5.75 Å². The average Bonchev–Trinajstić information content (AvgIpc) is 2.62. The third-order valence-corrected chi connectivity index (χ3v) is 4.38. The third-order valence-electron chi connectivity index (χ3n) is 4.38. The number of halogens is 1. The number of para-hydroxylation sites is 1. The molecule has 0 bridgehead atoms. The number of nitrogens with zero attached hydrogens (tertiary/aromatic N) is 2. The van der Waals surface area contributed by atoms with Gasteiger partial charge in [0.15, 0.2) is 5.96 Å². The normalized spacial score (nSPS) is 20.7. The number of morpholine rings is 1. The molecule has 7 heteroatoms. The Morgan fingerprint density at radius 2 is 1.93 bits per heavy atom. The van der Waals surface area contributed by atoms with E-state index in [4.69, 9.17) is 9.47 Å². The highest BCUT2D eigenvalue weighted by Gasteiger charge is 2.21. The van der Waals surface area contributed by atoms with Crippen LogP contribution in [0.1, 0.15) is 32.8 Å². The highest BCUT2D eigenvalue weighted by Crippen LogP contribution is 2.17. The van der Waals surface area contributed by atoms with Crippen LogP contribution in [0.25, 0.3) is 0 Å². The molecule has 2 rings (SSSR count). The standard InChI is InChI=1S/C20H34N4O2.HI/c1-5-21-20(23-13-18-9-6-7-10-19(18)25-4)22-11-8-12-24-14-16(2)26-17(3)15-24;/h6-7,9-10,16-17H,5,8,11-15H2,1-4H3,(H2,21,22,23);1H. The number of hydrogen-bond acceptors (Lipinski definition) is 4. The Morgan fingerprint density at radius 3 is 2.59 bits per heavy atom. The van der Waals surface area contributed by atoms with Crippen molar-refractivity contribution in [3.8, 4) is 5.75 Å². The second kappa shape index (κ2) is 13.2. The summed E-state index contributed by atoms with van der Waals surface area (Å²) < 4.78 is 11.2. The first kappa shape index (κ1) is 24.0. The lowest BCUT2D eigenvalue weighted by molar-refractivity contribution is -0.0679. The molecule has 2 N–H and O–H groups in total. The molecule has 1 aliphatic rings. The number of benzene rings is 1. The van der Waals surface area contributed by atoms with Crippen LogP contribution in [0.4, 0.5) is 0 Å². The lowest BCUT2D eigenvalue weighted by Crippen LogP contribution is -2.46. The lowest BCUT2D eigenvalue weighted by Gasteiger charge is -2.35. The van der Waals surface area contributed by atoms with Gasteiger partial charge in [-0.2, -0.15) is 0 Å². The molecular formula is C20H35IN4O2. The van der Waals surface area contributed by atoms with E-state index in [2.05, 4.69) is 41.3 Å². The van der Waals surface area contributed by atoms with Crippen LogP contribution >= 0.6 is 24.0 Å². The molecule has 1 aromatic rings. The van der Waals surface area contributed by atoms with Crippen LogP contribution in [0.15, 0.2) is 29.3 Å². The number of hydrogen-bond donors (Lipinski definition) is 2. The Balaban J connectivity index is 0.00000364. The summed E-state index contributed by atoms with van der Waals surface area (Å²) in [5.74, 6) is 1.73. The van der Waals surface area contributed by atoms with Gasteiger partial charge in [-0.25, -0.2) is 4.99 Å². The van der Waals surface area contributed by atoms with Crippen molar-refractivity contribution in [3.63, 3.8) is 0 Å². The first-order valence-corrected chi connectivity index (χ1v) is 9.64. The molecule has 1 aliphatic heterocycles. The van der Waals surface area contributed by atoms with Gasteiger partial charge < -0.3 is 20.1 Å². The van der Waals surface area contributed by atoms with E-state index in [-0.39, 0.29) is 24.0 Å². The van der Waals surface area contributed by atoms with Gasteiger partial charge in [0.1, 0.15) is 5.75 Å². The van der Waals surface area contributed by atoms with E-state index in [9.17, 15) is 0 Å². The second-order valence-electron chi connectivity index (χ2n) is 6.80. The lowest BCUT2D eigenvalue weighted by atomic mass is 10.2. The molecule has 1 aromatic carbocycles. The Kier molecular flexibility index (Phi) is 11.7. The van der Waals surface area contributed by atoms with E-state index >= 15 is 0 Å². The van der Waals surface area contributed by atoms with Gasteiger partial charge >= 0.3 is 0 Å². The minimum Gasteiger partial charge on any atom is -0.496 e. The van der Waals surface area contributed by atoms with E-state index in [1.807, 2.05) is 24.3 Å². The zero-order valence-corrected chi connectivity index (χ0v) is 19.4. The molecule has 0 aliphatic carbocycles. The number of aliphatic imine (C=N–C) groups is 1. The maximum absolute atomic E-state index is 5.79. The fourth-order valence-corrected chi connectivity index (χ4v) is 3.32. The number of rotatable bonds is 8. The first-order valence-electron chi connectivity index (χ1n) is 9.64. The van der Waals surface area contributed by atoms with Crippen molar-refractivity contribution in [2.24, 2.45) is 4.99 Å². The molecule has 0 amide bonds. The number of ether oxygens (including phenoxy) is 2. The molecule has 1 heterocycles. The van der Waals surface area contributed by atoms with Gasteiger partial charge in [-0.05, 0) is 33.3 Å². The summed E-state index contributed by atoms with van der Waals surface area (Å²) in [6.45, 7) is 11.8. The van der Waals surface area contributed by atoms with Crippen LogP contribution in [-0.4, -0.2) is 62.9 Å². The largest absolute Gasteiger partial charge is 0.496 e. The molecule has 2 atom stereocenters. The number of methoxy groups -OCH3 is 1. The van der Waals surface area contributed by atoms with Crippen molar-refractivity contribution in [2.45, 2.75) is 45.9 Å². The Labute approximate surface area is 181 Å². The van der Waals surface area contributed by atoms with Crippen molar-refractivity contribution in [2.75, 3.05) is 39.8 Å². The molecule has 154 valence electrons. The molecule has 0 aromatic heterocycles. The second-order valence-corrected chi connectivity index (χ2v) is 6.80. The highest BCUT2D eigenvalue weighted by atomic mass is 127. The first-order chi connectivity index (χ1) is 12.6. The van der Waals surface area contributed by atoms with Gasteiger partial charge in [-0.1, -0.05) is 18.2 Å². The molecule has 6 nitrogen and oxygen atoms in total. The average molecular weight is 490 g/mol. The van der Waals surface area contributed by atoms with Crippen LogP contribution in [0.3, 0.4) is 0 Å². The zero-order valence-electron chi connectivity index (χ0n) is 17.0. The molecule has 0 spiro atoms. The van der Waals surface area contributed by atoms with Gasteiger partial charge in [-0.15, -0.1) is 24.0 Å². The molecule has 27 heavy (non-hydrogen) atoms. The fraction of sp³-hybridized carbons (Fsp3) is 0.650.